The number of carbonyl (C=O) groups is 3. The van der Waals surface area contributed by atoms with Gasteiger partial charge < -0.3 is 15.0 Å². The van der Waals surface area contributed by atoms with E-state index >= 15 is 0 Å². The van der Waals surface area contributed by atoms with Gasteiger partial charge >= 0.3 is 5.97 Å². The molecule has 0 radical (unpaired) electrons. The van der Waals surface area contributed by atoms with Gasteiger partial charge in [-0.15, -0.1) is 0 Å². The van der Waals surface area contributed by atoms with Gasteiger partial charge in [-0.1, -0.05) is 12.1 Å². The van der Waals surface area contributed by atoms with Gasteiger partial charge in [0.15, 0.2) is 0 Å². The quantitative estimate of drug-likeness (QED) is 0.820. The zero-order valence-electron chi connectivity index (χ0n) is 14.8. The Balaban J connectivity index is 1.60. The van der Waals surface area contributed by atoms with Gasteiger partial charge in [0.05, 0.1) is 18.6 Å². The van der Waals surface area contributed by atoms with Crippen molar-refractivity contribution >= 4 is 23.5 Å². The molecule has 0 bridgehead atoms. The minimum atomic E-state index is -0.460. The number of halogens is 1. The third-order valence-electron chi connectivity index (χ3n) is 4.48. The van der Waals surface area contributed by atoms with Crippen molar-refractivity contribution in [2.24, 2.45) is 5.92 Å². The van der Waals surface area contributed by atoms with Crippen LogP contribution in [0, 0.1) is 11.7 Å². The monoisotopic (exact) mass is 370 g/mol. The molecule has 2 aromatic carbocycles. The SMILES string of the molecule is COC(=O)c1ccc(N2CC(C(=O)NCc3ccc(F)cc3)CC2=O)cc1. The van der Waals surface area contributed by atoms with E-state index in [-0.39, 0.29) is 37.1 Å². The van der Waals surface area contributed by atoms with Gasteiger partial charge in [-0.3, -0.25) is 9.59 Å². The number of esters is 1. The fourth-order valence-electron chi connectivity index (χ4n) is 2.96. The minimum Gasteiger partial charge on any atom is -0.465 e. The summed E-state index contributed by atoms with van der Waals surface area (Å²) in [6.45, 7) is 0.545. The number of hydrogen-bond donors (Lipinski definition) is 1. The molecule has 0 aromatic heterocycles. The number of carbonyl (C=O) groups excluding carboxylic acids is 3. The van der Waals surface area contributed by atoms with E-state index in [1.54, 1.807) is 36.4 Å². The van der Waals surface area contributed by atoms with Gasteiger partial charge in [0.25, 0.3) is 0 Å². The number of nitrogens with zero attached hydrogens (tertiary/aromatic N) is 1. The predicted octanol–water partition coefficient (Wildman–Crippen LogP) is 2.28. The number of nitrogens with one attached hydrogen (secondary N) is 1. The van der Waals surface area contributed by atoms with Gasteiger partial charge in [0, 0.05) is 25.2 Å². The van der Waals surface area contributed by atoms with E-state index in [0.29, 0.717) is 11.3 Å². The van der Waals surface area contributed by atoms with Gasteiger partial charge in [-0.2, -0.15) is 0 Å². The Morgan fingerprint density at radius 1 is 1.15 bits per heavy atom. The fourth-order valence-corrected chi connectivity index (χ4v) is 2.96. The average molecular weight is 370 g/mol. The molecule has 1 heterocycles. The highest BCUT2D eigenvalue weighted by Crippen LogP contribution is 2.25. The summed E-state index contributed by atoms with van der Waals surface area (Å²) in [5.74, 6) is -1.62. The Morgan fingerprint density at radius 2 is 1.81 bits per heavy atom. The molecule has 2 amide bonds. The summed E-state index contributed by atoms with van der Waals surface area (Å²) in [6, 6.07) is 12.3. The number of hydrogen-bond acceptors (Lipinski definition) is 4. The molecule has 1 aliphatic rings. The minimum absolute atomic E-state index is 0.119. The second-order valence-electron chi connectivity index (χ2n) is 6.29. The molecule has 7 heteroatoms. The molecular formula is C20H19FN2O4. The lowest BCUT2D eigenvalue weighted by molar-refractivity contribution is -0.126. The van der Waals surface area contributed by atoms with Crippen molar-refractivity contribution in [3.63, 3.8) is 0 Å². The highest BCUT2D eigenvalue weighted by Gasteiger charge is 2.35. The third kappa shape index (κ3) is 4.31. The second-order valence-corrected chi connectivity index (χ2v) is 6.29. The van der Waals surface area contributed by atoms with Crippen LogP contribution in [-0.2, 0) is 20.9 Å². The molecule has 1 saturated heterocycles. The van der Waals surface area contributed by atoms with Crippen LogP contribution in [0.4, 0.5) is 10.1 Å². The topological polar surface area (TPSA) is 75.7 Å². The van der Waals surface area contributed by atoms with Crippen LogP contribution < -0.4 is 10.2 Å². The van der Waals surface area contributed by atoms with Crippen molar-refractivity contribution in [2.45, 2.75) is 13.0 Å². The molecule has 1 unspecified atom stereocenters. The molecule has 2 aromatic rings. The number of anilines is 1. The summed E-state index contributed by atoms with van der Waals surface area (Å²) >= 11 is 0. The van der Waals surface area contributed by atoms with Crippen molar-refractivity contribution in [3.8, 4) is 0 Å². The maximum atomic E-state index is 12.9. The molecule has 0 saturated carbocycles. The lowest BCUT2D eigenvalue weighted by Gasteiger charge is -2.17. The first-order valence-corrected chi connectivity index (χ1v) is 8.49. The summed E-state index contributed by atoms with van der Waals surface area (Å²) in [7, 11) is 1.30. The van der Waals surface area contributed by atoms with Crippen molar-refractivity contribution < 1.29 is 23.5 Å². The molecule has 1 aliphatic heterocycles. The molecule has 27 heavy (non-hydrogen) atoms. The first-order chi connectivity index (χ1) is 13.0. The molecule has 1 fully saturated rings. The smallest absolute Gasteiger partial charge is 0.337 e. The molecule has 6 nitrogen and oxygen atoms in total. The number of amides is 2. The van der Waals surface area contributed by atoms with E-state index in [9.17, 15) is 18.8 Å². The third-order valence-corrected chi connectivity index (χ3v) is 4.48. The van der Waals surface area contributed by atoms with E-state index in [4.69, 9.17) is 0 Å². The summed E-state index contributed by atoms with van der Waals surface area (Å²) in [5, 5.41) is 2.78. The maximum Gasteiger partial charge on any atom is 0.337 e. The van der Waals surface area contributed by atoms with Crippen molar-refractivity contribution in [2.75, 3.05) is 18.6 Å². The molecule has 1 N–H and O–H groups in total. The zero-order chi connectivity index (χ0) is 19.4. The number of rotatable bonds is 5. The summed E-state index contributed by atoms with van der Waals surface area (Å²) < 4.78 is 17.6. The average Bonchev–Trinajstić information content (AvgIpc) is 3.08. The second kappa shape index (κ2) is 7.99. The van der Waals surface area contributed by atoms with Crippen LogP contribution in [-0.4, -0.2) is 31.4 Å². The zero-order valence-corrected chi connectivity index (χ0v) is 14.8. The first-order valence-electron chi connectivity index (χ1n) is 8.49. The largest absolute Gasteiger partial charge is 0.465 e. The predicted molar refractivity (Wildman–Crippen MR) is 96.5 cm³/mol. The van der Waals surface area contributed by atoms with Crippen molar-refractivity contribution in [1.82, 2.24) is 5.32 Å². The molecule has 140 valence electrons. The fraction of sp³-hybridized carbons (Fsp3) is 0.250. The standard InChI is InChI=1S/C20H19FN2O4/c1-27-20(26)14-4-8-17(9-5-14)23-12-15(10-18(23)24)19(25)22-11-13-2-6-16(21)7-3-13/h2-9,15H,10-12H2,1H3,(H,22,25). The van der Waals surface area contributed by atoms with Crippen LogP contribution in [0.1, 0.15) is 22.3 Å². The van der Waals surface area contributed by atoms with Gasteiger partial charge in [-0.25, -0.2) is 9.18 Å². The first kappa shape index (κ1) is 18.6. The highest BCUT2D eigenvalue weighted by atomic mass is 19.1. The van der Waals surface area contributed by atoms with Crippen LogP contribution in [0.15, 0.2) is 48.5 Å². The molecule has 3 rings (SSSR count). The molecular weight excluding hydrogens is 351 g/mol. The number of methoxy groups -OCH3 is 1. The van der Waals surface area contributed by atoms with Crippen LogP contribution in [0.25, 0.3) is 0 Å². The van der Waals surface area contributed by atoms with Gasteiger partial charge in [0.2, 0.25) is 11.8 Å². The Labute approximate surface area is 155 Å². The van der Waals surface area contributed by atoms with Gasteiger partial charge in [-0.05, 0) is 42.0 Å². The molecule has 0 aliphatic carbocycles. The number of benzene rings is 2. The highest BCUT2D eigenvalue weighted by molar-refractivity contribution is 6.00. The Hall–Kier alpha value is -3.22. The van der Waals surface area contributed by atoms with Crippen LogP contribution in [0.3, 0.4) is 0 Å². The van der Waals surface area contributed by atoms with Gasteiger partial charge in [0.1, 0.15) is 5.82 Å². The Morgan fingerprint density at radius 3 is 2.44 bits per heavy atom. The van der Waals surface area contributed by atoms with E-state index < -0.39 is 11.9 Å². The van der Waals surface area contributed by atoms with Crippen LogP contribution in [0.5, 0.6) is 0 Å². The normalized spacial score (nSPS) is 16.3. The molecule has 0 spiro atoms. The van der Waals surface area contributed by atoms with E-state index in [1.807, 2.05) is 0 Å². The summed E-state index contributed by atoms with van der Waals surface area (Å²) in [4.78, 5) is 37.7. The summed E-state index contributed by atoms with van der Waals surface area (Å²) in [6.07, 6.45) is 0.119. The number of ether oxygens (including phenoxy) is 1. The Kier molecular flexibility index (Phi) is 5.49. The van der Waals surface area contributed by atoms with Crippen LogP contribution >= 0.6 is 0 Å². The van der Waals surface area contributed by atoms with Crippen molar-refractivity contribution in [3.05, 3.63) is 65.5 Å². The van der Waals surface area contributed by atoms with E-state index in [1.165, 1.54) is 24.1 Å². The lowest BCUT2D eigenvalue weighted by Crippen LogP contribution is -2.32. The summed E-state index contributed by atoms with van der Waals surface area (Å²) in [5.41, 5.74) is 1.80. The lowest BCUT2D eigenvalue weighted by atomic mass is 10.1. The van der Waals surface area contributed by atoms with E-state index in [0.717, 1.165) is 5.56 Å². The Bertz CT molecular complexity index is 849. The maximum absolute atomic E-state index is 12.9. The molecule has 1 atom stereocenters. The van der Waals surface area contributed by atoms with Crippen LogP contribution in [0.2, 0.25) is 0 Å². The van der Waals surface area contributed by atoms with E-state index in [2.05, 4.69) is 10.1 Å². The van der Waals surface area contributed by atoms with Crippen molar-refractivity contribution in [1.29, 1.82) is 0 Å².